The van der Waals surface area contributed by atoms with Crippen LogP contribution in [0.4, 0.5) is 5.69 Å². The fourth-order valence-electron chi connectivity index (χ4n) is 2.13. The number of nitrogens with zero attached hydrogens (tertiary/aromatic N) is 2. The van der Waals surface area contributed by atoms with Crippen LogP contribution in [0.15, 0.2) is 18.2 Å². The van der Waals surface area contributed by atoms with Gasteiger partial charge in [0.2, 0.25) is 0 Å². The second-order valence-corrected chi connectivity index (χ2v) is 4.69. The molecule has 0 amide bonds. The number of anilines is 1. The lowest BCUT2D eigenvalue weighted by Gasteiger charge is -2.12. The van der Waals surface area contributed by atoms with Crippen molar-refractivity contribution in [2.45, 2.75) is 27.4 Å². The van der Waals surface area contributed by atoms with Gasteiger partial charge >= 0.3 is 0 Å². The average Bonchev–Trinajstić information content (AvgIpc) is 2.55. The molecule has 2 N–H and O–H groups in total. The Labute approximate surface area is 107 Å². The third-order valence-corrected chi connectivity index (χ3v) is 2.91. The van der Waals surface area contributed by atoms with E-state index in [4.69, 9.17) is 10.5 Å². The van der Waals surface area contributed by atoms with E-state index in [-0.39, 0.29) is 0 Å². The molecule has 0 unspecified atom stereocenters. The van der Waals surface area contributed by atoms with Crippen molar-refractivity contribution in [1.82, 2.24) is 9.78 Å². The molecule has 96 valence electrons. The van der Waals surface area contributed by atoms with Gasteiger partial charge in [-0.05, 0) is 44.0 Å². The highest BCUT2D eigenvalue weighted by Gasteiger charge is 2.08. The highest BCUT2D eigenvalue weighted by Crippen LogP contribution is 2.28. The summed E-state index contributed by atoms with van der Waals surface area (Å²) in [4.78, 5) is 0. The summed E-state index contributed by atoms with van der Waals surface area (Å²) in [6, 6.07) is 6.01. The minimum atomic E-state index is 0.478. The lowest BCUT2D eigenvalue weighted by atomic mass is 10.1. The molecule has 1 aromatic heterocycles. The summed E-state index contributed by atoms with van der Waals surface area (Å²) in [6.45, 7) is 6.48. The van der Waals surface area contributed by atoms with Crippen molar-refractivity contribution >= 4 is 5.69 Å². The zero-order valence-corrected chi connectivity index (χ0v) is 11.3. The summed E-state index contributed by atoms with van der Waals surface area (Å²) in [5.41, 5.74) is 10.9. The molecule has 1 aromatic carbocycles. The number of ether oxygens (including phenoxy) is 1. The molecule has 0 radical (unpaired) electrons. The summed E-state index contributed by atoms with van der Waals surface area (Å²) in [5, 5.41) is 4.29. The molecule has 1 heterocycles. The highest BCUT2D eigenvalue weighted by molar-refractivity contribution is 5.58. The first-order valence-corrected chi connectivity index (χ1v) is 5.96. The van der Waals surface area contributed by atoms with Gasteiger partial charge in [0.25, 0.3) is 0 Å². The van der Waals surface area contributed by atoms with Crippen LogP contribution in [0.1, 0.15) is 22.5 Å². The van der Waals surface area contributed by atoms with Crippen molar-refractivity contribution in [3.63, 3.8) is 0 Å². The van der Waals surface area contributed by atoms with Gasteiger partial charge in [-0.1, -0.05) is 6.07 Å². The molecular weight excluding hydrogens is 226 g/mol. The molecule has 4 heteroatoms. The van der Waals surface area contributed by atoms with Crippen molar-refractivity contribution < 1.29 is 4.74 Å². The number of hydrogen-bond acceptors (Lipinski definition) is 3. The van der Waals surface area contributed by atoms with E-state index < -0.39 is 0 Å². The van der Waals surface area contributed by atoms with E-state index in [1.165, 1.54) is 0 Å². The van der Waals surface area contributed by atoms with Crippen LogP contribution in [0.2, 0.25) is 0 Å². The van der Waals surface area contributed by atoms with Crippen LogP contribution >= 0.6 is 0 Å². The van der Waals surface area contributed by atoms with E-state index in [9.17, 15) is 0 Å². The quantitative estimate of drug-likeness (QED) is 0.845. The van der Waals surface area contributed by atoms with Crippen molar-refractivity contribution in [1.29, 1.82) is 0 Å². The Morgan fingerprint density at radius 2 is 1.94 bits per heavy atom. The van der Waals surface area contributed by atoms with Crippen LogP contribution in [0.25, 0.3) is 0 Å². The predicted octanol–water partition coefficient (Wildman–Crippen LogP) is 2.51. The molecule has 2 rings (SSSR count). The highest BCUT2D eigenvalue weighted by atomic mass is 16.5. The van der Waals surface area contributed by atoms with Crippen molar-refractivity contribution in [3.05, 3.63) is 40.7 Å². The second-order valence-electron chi connectivity index (χ2n) is 4.69. The van der Waals surface area contributed by atoms with E-state index in [0.29, 0.717) is 12.3 Å². The van der Waals surface area contributed by atoms with Crippen molar-refractivity contribution in [2.75, 3.05) is 5.73 Å². The van der Waals surface area contributed by atoms with E-state index in [1.807, 2.05) is 44.6 Å². The Morgan fingerprint density at radius 3 is 2.50 bits per heavy atom. The van der Waals surface area contributed by atoms with Gasteiger partial charge in [-0.15, -0.1) is 0 Å². The van der Waals surface area contributed by atoms with Gasteiger partial charge in [0, 0.05) is 7.05 Å². The fraction of sp³-hybridized carbons (Fsp3) is 0.357. The van der Waals surface area contributed by atoms with E-state index in [2.05, 4.69) is 11.2 Å². The Bertz CT molecular complexity index is 549. The average molecular weight is 245 g/mol. The molecule has 0 aliphatic rings. The SMILES string of the molecule is Cc1cc(C)c(OCc2cc(C)nn2C)c(N)c1. The van der Waals surface area contributed by atoms with E-state index >= 15 is 0 Å². The number of nitrogen functional groups attached to an aromatic ring is 1. The minimum absolute atomic E-state index is 0.478. The maximum atomic E-state index is 5.98. The monoisotopic (exact) mass is 245 g/mol. The molecule has 0 atom stereocenters. The van der Waals surface area contributed by atoms with Gasteiger partial charge in [-0.2, -0.15) is 5.10 Å². The molecular formula is C14H19N3O. The number of aryl methyl sites for hydroxylation is 4. The Morgan fingerprint density at radius 1 is 1.22 bits per heavy atom. The predicted molar refractivity (Wildman–Crippen MR) is 72.6 cm³/mol. The van der Waals surface area contributed by atoms with E-state index in [1.54, 1.807) is 0 Å². The molecule has 4 nitrogen and oxygen atoms in total. The minimum Gasteiger partial charge on any atom is -0.485 e. The largest absolute Gasteiger partial charge is 0.485 e. The van der Waals surface area contributed by atoms with Crippen LogP contribution in [-0.4, -0.2) is 9.78 Å². The van der Waals surface area contributed by atoms with Crippen molar-refractivity contribution in [2.24, 2.45) is 7.05 Å². The summed E-state index contributed by atoms with van der Waals surface area (Å²) in [6.07, 6.45) is 0. The van der Waals surface area contributed by atoms with E-state index in [0.717, 1.165) is 28.3 Å². The molecule has 2 aromatic rings. The number of hydrogen-bond donors (Lipinski definition) is 1. The third kappa shape index (κ3) is 2.47. The number of nitrogens with two attached hydrogens (primary N) is 1. The Balaban J connectivity index is 2.18. The van der Waals surface area contributed by atoms with Gasteiger partial charge in [0.05, 0.1) is 17.1 Å². The first-order chi connectivity index (χ1) is 8.47. The first kappa shape index (κ1) is 12.5. The zero-order chi connectivity index (χ0) is 13.3. The number of benzene rings is 1. The molecule has 0 bridgehead atoms. The Kier molecular flexibility index (Phi) is 3.28. The molecule has 0 fully saturated rings. The second kappa shape index (κ2) is 4.72. The first-order valence-electron chi connectivity index (χ1n) is 5.96. The van der Waals surface area contributed by atoms with Crippen LogP contribution < -0.4 is 10.5 Å². The molecule has 0 saturated heterocycles. The third-order valence-electron chi connectivity index (χ3n) is 2.91. The molecule has 0 aliphatic carbocycles. The molecule has 0 saturated carbocycles. The van der Waals surface area contributed by atoms with Gasteiger partial charge in [0.1, 0.15) is 12.4 Å². The lowest BCUT2D eigenvalue weighted by Crippen LogP contribution is -2.05. The normalized spacial score (nSPS) is 10.7. The van der Waals surface area contributed by atoms with Gasteiger partial charge in [-0.25, -0.2) is 0 Å². The fourth-order valence-corrected chi connectivity index (χ4v) is 2.13. The van der Waals surface area contributed by atoms with Gasteiger partial charge < -0.3 is 10.5 Å². The maximum absolute atomic E-state index is 5.98. The Hall–Kier alpha value is -1.97. The summed E-state index contributed by atoms with van der Waals surface area (Å²) in [7, 11) is 1.91. The number of aromatic nitrogens is 2. The summed E-state index contributed by atoms with van der Waals surface area (Å²) >= 11 is 0. The van der Waals surface area contributed by atoms with Crippen molar-refractivity contribution in [3.8, 4) is 5.75 Å². The molecule has 0 spiro atoms. The van der Waals surface area contributed by atoms with Crippen LogP contribution in [0, 0.1) is 20.8 Å². The van der Waals surface area contributed by atoms with Crippen LogP contribution in [0.5, 0.6) is 5.75 Å². The summed E-state index contributed by atoms with van der Waals surface area (Å²) in [5.74, 6) is 0.763. The molecule has 0 aliphatic heterocycles. The standard InChI is InChI=1S/C14H19N3O/c1-9-5-10(2)14(13(15)6-9)18-8-12-7-11(3)16-17(12)4/h5-7H,8,15H2,1-4H3. The van der Waals surface area contributed by atoms with Crippen LogP contribution in [0.3, 0.4) is 0 Å². The number of rotatable bonds is 3. The molecule has 18 heavy (non-hydrogen) atoms. The maximum Gasteiger partial charge on any atom is 0.145 e. The zero-order valence-electron chi connectivity index (χ0n) is 11.3. The van der Waals surface area contributed by atoms with Crippen LogP contribution in [-0.2, 0) is 13.7 Å². The lowest BCUT2D eigenvalue weighted by molar-refractivity contribution is 0.294. The topological polar surface area (TPSA) is 53.1 Å². The smallest absolute Gasteiger partial charge is 0.145 e. The van der Waals surface area contributed by atoms with Gasteiger partial charge in [0.15, 0.2) is 0 Å². The summed E-state index contributed by atoms with van der Waals surface area (Å²) < 4.78 is 7.65. The van der Waals surface area contributed by atoms with Gasteiger partial charge in [-0.3, -0.25) is 4.68 Å².